The Morgan fingerprint density at radius 3 is 2.80 bits per heavy atom. The van der Waals surface area contributed by atoms with Gasteiger partial charge >= 0.3 is 12.0 Å². The van der Waals surface area contributed by atoms with E-state index in [0.717, 1.165) is 21.2 Å². The van der Waals surface area contributed by atoms with Crippen LogP contribution in [-0.2, 0) is 4.79 Å². The summed E-state index contributed by atoms with van der Waals surface area (Å²) in [5.41, 5.74) is 1.83. The fourth-order valence-corrected chi connectivity index (χ4v) is 3.20. The molecule has 0 aliphatic carbocycles. The fraction of sp³-hybridized carbons (Fsp3) is 0.429. The Kier molecular flexibility index (Phi) is 4.85. The summed E-state index contributed by atoms with van der Waals surface area (Å²) in [6, 6.07) is 5.60. The zero-order chi connectivity index (χ0) is 14.7. The number of nitrogens with one attached hydrogen (secondary N) is 1. The highest BCUT2D eigenvalue weighted by molar-refractivity contribution is 14.1. The molecule has 1 aliphatic heterocycles. The van der Waals surface area contributed by atoms with Crippen LogP contribution < -0.4 is 5.32 Å². The van der Waals surface area contributed by atoms with Crippen LogP contribution in [0.1, 0.15) is 18.4 Å². The molecule has 1 fully saturated rings. The highest BCUT2D eigenvalue weighted by Gasteiger charge is 2.28. The summed E-state index contributed by atoms with van der Waals surface area (Å²) >= 11 is 2.20. The molecule has 0 aromatic heterocycles. The van der Waals surface area contributed by atoms with E-state index in [1.165, 1.54) is 0 Å². The van der Waals surface area contributed by atoms with E-state index in [2.05, 4.69) is 27.9 Å². The maximum atomic E-state index is 12.2. The van der Waals surface area contributed by atoms with Crippen molar-refractivity contribution in [1.29, 1.82) is 0 Å². The first-order chi connectivity index (χ1) is 9.45. The number of hydrogen-bond acceptors (Lipinski definition) is 2. The molecule has 2 N–H and O–H groups in total. The molecule has 0 spiro atoms. The van der Waals surface area contributed by atoms with Crippen LogP contribution in [0.5, 0.6) is 0 Å². The lowest BCUT2D eigenvalue weighted by atomic mass is 9.99. The van der Waals surface area contributed by atoms with Crippen molar-refractivity contribution in [1.82, 2.24) is 4.90 Å². The van der Waals surface area contributed by atoms with Gasteiger partial charge in [-0.25, -0.2) is 4.79 Å². The van der Waals surface area contributed by atoms with Crippen molar-refractivity contribution in [2.24, 2.45) is 5.92 Å². The summed E-state index contributed by atoms with van der Waals surface area (Å²) in [7, 11) is 0. The van der Waals surface area contributed by atoms with Crippen molar-refractivity contribution in [3.63, 3.8) is 0 Å². The van der Waals surface area contributed by atoms with E-state index in [-0.39, 0.29) is 12.6 Å². The van der Waals surface area contributed by atoms with Crippen molar-refractivity contribution < 1.29 is 14.7 Å². The van der Waals surface area contributed by atoms with E-state index in [1.807, 2.05) is 25.1 Å². The molecule has 2 amide bonds. The monoisotopic (exact) mass is 388 g/mol. The third-order valence-electron chi connectivity index (χ3n) is 3.35. The van der Waals surface area contributed by atoms with Gasteiger partial charge in [0.05, 0.1) is 5.92 Å². The van der Waals surface area contributed by atoms with E-state index < -0.39 is 11.9 Å². The van der Waals surface area contributed by atoms with Crippen molar-refractivity contribution >= 4 is 40.3 Å². The molecule has 20 heavy (non-hydrogen) atoms. The van der Waals surface area contributed by atoms with Crippen LogP contribution in [0.3, 0.4) is 0 Å². The number of carbonyl (C=O) groups excluding carboxylic acids is 1. The number of anilines is 1. The molecule has 5 nitrogen and oxygen atoms in total. The predicted octanol–water partition coefficient (Wildman–Crippen LogP) is 2.93. The van der Waals surface area contributed by atoms with Crippen LogP contribution in [0, 0.1) is 16.4 Å². The number of halogens is 1. The predicted molar refractivity (Wildman–Crippen MR) is 84.8 cm³/mol. The number of carboxylic acid groups (broad SMARTS) is 1. The highest BCUT2D eigenvalue weighted by Crippen LogP contribution is 2.20. The van der Waals surface area contributed by atoms with E-state index >= 15 is 0 Å². The SMILES string of the molecule is Cc1cc(I)cc(NC(=O)N2CCCC(C(=O)O)C2)c1. The fourth-order valence-electron chi connectivity index (χ4n) is 2.37. The topological polar surface area (TPSA) is 69.6 Å². The Labute approximate surface area is 131 Å². The number of carbonyl (C=O) groups is 2. The Bertz CT molecular complexity index is 513. The third kappa shape index (κ3) is 3.84. The van der Waals surface area contributed by atoms with E-state index in [0.29, 0.717) is 13.0 Å². The smallest absolute Gasteiger partial charge is 0.321 e. The van der Waals surface area contributed by atoms with Gasteiger partial charge in [-0.05, 0) is 66.1 Å². The largest absolute Gasteiger partial charge is 0.481 e. The molecule has 1 unspecified atom stereocenters. The normalized spacial score (nSPS) is 18.7. The lowest BCUT2D eigenvalue weighted by Crippen LogP contribution is -2.44. The molecule has 0 saturated carbocycles. The van der Waals surface area contributed by atoms with Crippen molar-refractivity contribution in [2.75, 3.05) is 18.4 Å². The minimum atomic E-state index is -0.826. The first kappa shape index (κ1) is 15.1. The summed E-state index contributed by atoms with van der Waals surface area (Å²) in [6.07, 6.45) is 1.37. The van der Waals surface area contributed by atoms with Crippen molar-refractivity contribution in [2.45, 2.75) is 19.8 Å². The Morgan fingerprint density at radius 2 is 2.15 bits per heavy atom. The second-order valence-corrected chi connectivity index (χ2v) is 6.32. The Morgan fingerprint density at radius 1 is 1.40 bits per heavy atom. The van der Waals surface area contributed by atoms with Crippen LogP contribution in [0.25, 0.3) is 0 Å². The number of amides is 2. The number of rotatable bonds is 2. The lowest BCUT2D eigenvalue weighted by molar-refractivity contribution is -0.143. The first-order valence-electron chi connectivity index (χ1n) is 6.51. The van der Waals surface area contributed by atoms with Gasteiger partial charge < -0.3 is 15.3 Å². The lowest BCUT2D eigenvalue weighted by Gasteiger charge is -2.30. The van der Waals surface area contributed by atoms with E-state index in [1.54, 1.807) is 4.90 Å². The number of aliphatic carboxylic acids is 1. The molecule has 1 aromatic rings. The Hall–Kier alpha value is -1.31. The molecule has 1 aromatic carbocycles. The average Bonchev–Trinajstić information content (AvgIpc) is 2.37. The number of nitrogens with zero attached hydrogens (tertiary/aromatic N) is 1. The molecular weight excluding hydrogens is 371 g/mol. The van der Waals surface area contributed by atoms with Gasteiger partial charge in [0.25, 0.3) is 0 Å². The molecule has 0 radical (unpaired) electrons. The maximum absolute atomic E-state index is 12.2. The molecular formula is C14H17IN2O3. The molecule has 1 saturated heterocycles. The number of benzene rings is 1. The number of carboxylic acids is 1. The summed E-state index contributed by atoms with van der Waals surface area (Å²) in [4.78, 5) is 24.8. The zero-order valence-electron chi connectivity index (χ0n) is 11.2. The second-order valence-electron chi connectivity index (χ2n) is 5.07. The molecule has 1 aliphatic rings. The highest BCUT2D eigenvalue weighted by atomic mass is 127. The van der Waals surface area contributed by atoms with Gasteiger partial charge in [0.15, 0.2) is 0 Å². The van der Waals surface area contributed by atoms with Crippen molar-refractivity contribution in [3.8, 4) is 0 Å². The standard InChI is InChI=1S/C14H17IN2O3/c1-9-5-11(15)7-12(6-9)16-14(20)17-4-2-3-10(8-17)13(18)19/h5-7,10H,2-4,8H2,1H3,(H,16,20)(H,18,19). The molecule has 6 heteroatoms. The second kappa shape index (κ2) is 6.43. The van der Waals surface area contributed by atoms with Gasteiger partial charge in [0.1, 0.15) is 0 Å². The summed E-state index contributed by atoms with van der Waals surface area (Å²) < 4.78 is 1.06. The molecule has 108 valence electrons. The van der Waals surface area contributed by atoms with Crippen LogP contribution in [0.15, 0.2) is 18.2 Å². The maximum Gasteiger partial charge on any atom is 0.321 e. The van der Waals surface area contributed by atoms with Gasteiger partial charge in [-0.2, -0.15) is 0 Å². The molecule has 2 rings (SSSR count). The quantitative estimate of drug-likeness (QED) is 0.766. The number of aryl methyl sites for hydroxylation is 1. The zero-order valence-corrected chi connectivity index (χ0v) is 13.4. The van der Waals surface area contributed by atoms with Gasteiger partial charge in [0.2, 0.25) is 0 Å². The summed E-state index contributed by atoms with van der Waals surface area (Å²) in [6.45, 7) is 2.86. The third-order valence-corrected chi connectivity index (χ3v) is 3.97. The minimum Gasteiger partial charge on any atom is -0.481 e. The molecule has 1 atom stereocenters. The van der Waals surface area contributed by atoms with Crippen LogP contribution >= 0.6 is 22.6 Å². The molecule has 1 heterocycles. The van der Waals surface area contributed by atoms with Crippen LogP contribution in [0.2, 0.25) is 0 Å². The number of urea groups is 1. The van der Waals surface area contributed by atoms with Crippen LogP contribution in [-0.4, -0.2) is 35.1 Å². The van der Waals surface area contributed by atoms with Gasteiger partial charge in [-0.1, -0.05) is 0 Å². The summed E-state index contributed by atoms with van der Waals surface area (Å²) in [5, 5.41) is 11.9. The number of piperidine rings is 1. The minimum absolute atomic E-state index is 0.225. The van der Waals surface area contributed by atoms with Gasteiger partial charge in [0, 0.05) is 22.3 Å². The number of hydrogen-bond donors (Lipinski definition) is 2. The van der Waals surface area contributed by atoms with Crippen LogP contribution in [0.4, 0.5) is 10.5 Å². The molecule has 0 bridgehead atoms. The van der Waals surface area contributed by atoms with Crippen molar-refractivity contribution in [3.05, 3.63) is 27.3 Å². The summed E-state index contributed by atoms with van der Waals surface area (Å²) in [5.74, 6) is -1.28. The Balaban J connectivity index is 2.02. The van der Waals surface area contributed by atoms with Gasteiger partial charge in [-0.3, -0.25) is 4.79 Å². The van der Waals surface area contributed by atoms with E-state index in [4.69, 9.17) is 5.11 Å². The van der Waals surface area contributed by atoms with E-state index in [9.17, 15) is 9.59 Å². The number of likely N-dealkylation sites (tertiary alicyclic amines) is 1. The van der Waals surface area contributed by atoms with Gasteiger partial charge in [-0.15, -0.1) is 0 Å². The average molecular weight is 388 g/mol. The first-order valence-corrected chi connectivity index (χ1v) is 7.59.